The zero-order valence-corrected chi connectivity index (χ0v) is 13.1. The zero-order valence-electron chi connectivity index (χ0n) is 13.1. The molecule has 0 bridgehead atoms. The topological polar surface area (TPSA) is 87.1 Å². The Morgan fingerprint density at radius 3 is 2.75 bits per heavy atom. The summed E-state index contributed by atoms with van der Waals surface area (Å²) in [5.41, 5.74) is 1.21. The van der Waals surface area contributed by atoms with Gasteiger partial charge in [-0.3, -0.25) is 19.3 Å². The van der Waals surface area contributed by atoms with Crippen molar-refractivity contribution in [3.63, 3.8) is 0 Å². The van der Waals surface area contributed by atoms with E-state index < -0.39 is 0 Å². The molecule has 3 heterocycles. The van der Waals surface area contributed by atoms with E-state index in [-0.39, 0.29) is 18.0 Å². The average molecular weight is 324 g/mol. The number of para-hydroxylation sites is 1. The fourth-order valence-electron chi connectivity index (χ4n) is 2.90. The van der Waals surface area contributed by atoms with E-state index in [1.165, 1.54) is 0 Å². The average Bonchev–Trinajstić information content (AvgIpc) is 3.01. The molecule has 3 aromatic rings. The SMILES string of the molecule is Cn1cc(N2CCN(c3nc4ccccc4c(=O)[nH]3)CC2=O)cn1. The number of aromatic nitrogens is 4. The van der Waals surface area contributed by atoms with Crippen LogP contribution in [0.5, 0.6) is 0 Å². The van der Waals surface area contributed by atoms with Gasteiger partial charge in [-0.2, -0.15) is 5.10 Å². The van der Waals surface area contributed by atoms with E-state index in [4.69, 9.17) is 0 Å². The number of nitrogens with one attached hydrogen (secondary N) is 1. The summed E-state index contributed by atoms with van der Waals surface area (Å²) < 4.78 is 1.66. The Bertz CT molecular complexity index is 976. The van der Waals surface area contributed by atoms with Gasteiger partial charge in [-0.1, -0.05) is 12.1 Å². The Morgan fingerprint density at radius 1 is 1.17 bits per heavy atom. The van der Waals surface area contributed by atoms with E-state index in [2.05, 4.69) is 15.1 Å². The van der Waals surface area contributed by atoms with E-state index in [1.807, 2.05) is 19.3 Å². The Labute approximate surface area is 137 Å². The van der Waals surface area contributed by atoms with Gasteiger partial charge in [0.05, 0.1) is 22.8 Å². The predicted octanol–water partition coefficient (Wildman–Crippen LogP) is 0.510. The number of benzene rings is 1. The molecule has 2 aromatic heterocycles. The number of piperazine rings is 1. The van der Waals surface area contributed by atoms with Crippen molar-refractivity contribution in [3.05, 3.63) is 47.0 Å². The number of anilines is 2. The quantitative estimate of drug-likeness (QED) is 0.742. The van der Waals surface area contributed by atoms with Gasteiger partial charge in [-0.05, 0) is 12.1 Å². The van der Waals surface area contributed by atoms with Gasteiger partial charge in [0.15, 0.2) is 0 Å². The molecule has 1 fully saturated rings. The maximum absolute atomic E-state index is 12.5. The molecule has 1 N–H and O–H groups in total. The van der Waals surface area contributed by atoms with Crippen LogP contribution < -0.4 is 15.4 Å². The zero-order chi connectivity index (χ0) is 16.7. The molecule has 0 saturated carbocycles. The number of nitrogens with zero attached hydrogens (tertiary/aromatic N) is 5. The Morgan fingerprint density at radius 2 is 2.00 bits per heavy atom. The number of aryl methyl sites for hydroxylation is 1. The van der Waals surface area contributed by atoms with Crippen molar-refractivity contribution in [2.24, 2.45) is 7.05 Å². The normalized spacial score (nSPS) is 15.3. The van der Waals surface area contributed by atoms with Gasteiger partial charge in [0.2, 0.25) is 11.9 Å². The van der Waals surface area contributed by atoms with Crippen LogP contribution in [-0.2, 0) is 11.8 Å². The largest absolute Gasteiger partial charge is 0.331 e. The molecule has 1 saturated heterocycles. The number of aromatic amines is 1. The van der Waals surface area contributed by atoms with Crippen LogP contribution in [0.3, 0.4) is 0 Å². The van der Waals surface area contributed by atoms with Crippen molar-refractivity contribution in [2.75, 3.05) is 29.4 Å². The highest BCUT2D eigenvalue weighted by Gasteiger charge is 2.27. The van der Waals surface area contributed by atoms with Crippen LogP contribution in [0, 0.1) is 0 Å². The predicted molar refractivity (Wildman–Crippen MR) is 90.1 cm³/mol. The van der Waals surface area contributed by atoms with E-state index in [9.17, 15) is 9.59 Å². The van der Waals surface area contributed by atoms with Crippen LogP contribution in [0.1, 0.15) is 0 Å². The summed E-state index contributed by atoms with van der Waals surface area (Å²) in [7, 11) is 1.81. The highest BCUT2D eigenvalue weighted by molar-refractivity contribution is 5.97. The first-order valence-corrected chi connectivity index (χ1v) is 7.65. The number of rotatable bonds is 2. The van der Waals surface area contributed by atoms with Crippen LogP contribution in [0.25, 0.3) is 10.9 Å². The third kappa shape index (κ3) is 2.41. The molecule has 4 rings (SSSR count). The van der Waals surface area contributed by atoms with Crippen molar-refractivity contribution in [3.8, 4) is 0 Å². The molecule has 1 aromatic carbocycles. The summed E-state index contributed by atoms with van der Waals surface area (Å²) in [6, 6.07) is 7.16. The van der Waals surface area contributed by atoms with Gasteiger partial charge in [0.1, 0.15) is 6.54 Å². The minimum atomic E-state index is -0.197. The van der Waals surface area contributed by atoms with Crippen LogP contribution >= 0.6 is 0 Å². The summed E-state index contributed by atoms with van der Waals surface area (Å²) in [5, 5.41) is 4.64. The van der Waals surface area contributed by atoms with E-state index >= 15 is 0 Å². The molecule has 0 radical (unpaired) electrons. The van der Waals surface area contributed by atoms with E-state index in [0.717, 1.165) is 5.69 Å². The molecule has 122 valence electrons. The third-order valence-electron chi connectivity index (χ3n) is 4.12. The Balaban J connectivity index is 1.61. The smallest absolute Gasteiger partial charge is 0.260 e. The highest BCUT2D eigenvalue weighted by Crippen LogP contribution is 2.19. The molecular weight excluding hydrogens is 308 g/mol. The maximum Gasteiger partial charge on any atom is 0.260 e. The molecule has 0 aliphatic carbocycles. The lowest BCUT2D eigenvalue weighted by Gasteiger charge is -2.33. The first kappa shape index (κ1) is 14.4. The molecule has 0 atom stereocenters. The van der Waals surface area contributed by atoms with Gasteiger partial charge >= 0.3 is 0 Å². The molecule has 8 heteroatoms. The molecule has 1 aliphatic rings. The fraction of sp³-hybridized carbons (Fsp3) is 0.250. The summed E-state index contributed by atoms with van der Waals surface area (Å²) in [4.78, 5) is 35.4. The lowest BCUT2D eigenvalue weighted by molar-refractivity contribution is -0.117. The first-order chi connectivity index (χ1) is 11.6. The fourth-order valence-corrected chi connectivity index (χ4v) is 2.90. The Hall–Kier alpha value is -3.16. The Kier molecular flexibility index (Phi) is 3.30. The minimum absolute atomic E-state index is 0.0509. The number of H-pyrrole nitrogens is 1. The number of hydrogen-bond acceptors (Lipinski definition) is 5. The lowest BCUT2D eigenvalue weighted by atomic mass is 10.2. The number of hydrogen-bond donors (Lipinski definition) is 1. The van der Waals surface area contributed by atoms with Crippen molar-refractivity contribution in [2.45, 2.75) is 0 Å². The summed E-state index contributed by atoms with van der Waals surface area (Å²) in [5.74, 6) is 0.378. The molecule has 0 spiro atoms. The molecule has 0 unspecified atom stereocenters. The van der Waals surface area contributed by atoms with Crippen LogP contribution in [-0.4, -0.2) is 45.3 Å². The van der Waals surface area contributed by atoms with Crippen LogP contribution in [0.15, 0.2) is 41.5 Å². The molecule has 1 aliphatic heterocycles. The van der Waals surface area contributed by atoms with Crippen molar-refractivity contribution < 1.29 is 4.79 Å². The van der Waals surface area contributed by atoms with Gasteiger partial charge in [0.25, 0.3) is 5.56 Å². The second-order valence-corrected chi connectivity index (χ2v) is 5.75. The lowest BCUT2D eigenvalue weighted by Crippen LogP contribution is -2.51. The van der Waals surface area contributed by atoms with E-state index in [0.29, 0.717) is 29.9 Å². The third-order valence-corrected chi connectivity index (χ3v) is 4.12. The number of carbonyl (C=O) groups excluding carboxylic acids is 1. The maximum atomic E-state index is 12.5. The summed E-state index contributed by atoms with van der Waals surface area (Å²) >= 11 is 0. The molecular formula is C16H16N6O2. The number of carbonyl (C=O) groups is 1. The van der Waals surface area contributed by atoms with Crippen molar-refractivity contribution in [1.82, 2.24) is 19.7 Å². The molecule has 1 amide bonds. The van der Waals surface area contributed by atoms with Crippen LogP contribution in [0.4, 0.5) is 11.6 Å². The van der Waals surface area contributed by atoms with Crippen LogP contribution in [0.2, 0.25) is 0 Å². The standard InChI is InChI=1S/C16H16N6O2/c1-20-9-11(8-17-20)22-7-6-21(10-14(22)23)16-18-13-5-3-2-4-12(13)15(24)19-16/h2-5,8-9H,6-7,10H2,1H3,(H,18,19,24). The van der Waals surface area contributed by atoms with Crippen molar-refractivity contribution >= 4 is 28.4 Å². The second kappa shape index (κ2) is 5.48. The number of fused-ring (bicyclic) bond motifs is 1. The van der Waals surface area contributed by atoms with Crippen molar-refractivity contribution in [1.29, 1.82) is 0 Å². The minimum Gasteiger partial charge on any atom is -0.331 e. The summed E-state index contributed by atoms with van der Waals surface area (Å²) in [6.45, 7) is 1.26. The monoisotopic (exact) mass is 324 g/mol. The van der Waals surface area contributed by atoms with Gasteiger partial charge in [0, 0.05) is 26.3 Å². The van der Waals surface area contributed by atoms with Gasteiger partial charge in [-0.25, -0.2) is 4.98 Å². The first-order valence-electron chi connectivity index (χ1n) is 7.65. The molecule has 8 nitrogen and oxygen atoms in total. The van der Waals surface area contributed by atoms with Gasteiger partial charge in [-0.15, -0.1) is 0 Å². The number of amides is 1. The summed E-state index contributed by atoms with van der Waals surface area (Å²) in [6.07, 6.45) is 3.48. The molecule has 24 heavy (non-hydrogen) atoms. The highest BCUT2D eigenvalue weighted by atomic mass is 16.2. The second-order valence-electron chi connectivity index (χ2n) is 5.75. The van der Waals surface area contributed by atoms with Gasteiger partial charge < -0.3 is 9.80 Å². The van der Waals surface area contributed by atoms with E-state index in [1.54, 1.807) is 38.9 Å².